The zero-order chi connectivity index (χ0) is 9.26. The van der Waals surface area contributed by atoms with Gasteiger partial charge >= 0.3 is 0 Å². The highest BCUT2D eigenvalue weighted by Gasteiger charge is 2.07. The van der Waals surface area contributed by atoms with Gasteiger partial charge in [0.25, 0.3) is 0 Å². The number of aromatic amines is 1. The minimum absolute atomic E-state index is 0.522. The zero-order valence-corrected chi connectivity index (χ0v) is 7.49. The van der Waals surface area contributed by atoms with E-state index in [1.807, 2.05) is 31.7 Å². The Morgan fingerprint density at radius 2 is 2.46 bits per heavy atom. The zero-order valence-electron chi connectivity index (χ0n) is 7.49. The van der Waals surface area contributed by atoms with Crippen LogP contribution in [0.3, 0.4) is 0 Å². The predicted molar refractivity (Wildman–Crippen MR) is 50.9 cm³/mol. The first-order chi connectivity index (χ1) is 6.31. The minimum atomic E-state index is 0.522. The molecule has 0 amide bonds. The minimum Gasteiger partial charge on any atom is -0.367 e. The first kappa shape index (κ1) is 8.07. The number of rotatable bonds is 2. The molecule has 4 nitrogen and oxygen atoms in total. The lowest BCUT2D eigenvalue weighted by Crippen LogP contribution is -1.95. The van der Waals surface area contributed by atoms with Crippen molar-refractivity contribution < 1.29 is 0 Å². The Hall–Kier alpha value is -1.55. The smallest absolute Gasteiger partial charge is 0.0983 e. The van der Waals surface area contributed by atoms with E-state index in [4.69, 9.17) is 5.73 Å². The summed E-state index contributed by atoms with van der Waals surface area (Å²) in [7, 11) is 1.90. The molecule has 0 aliphatic carbocycles. The Balaban J connectivity index is 2.50. The molecule has 2 aromatic heterocycles. The van der Waals surface area contributed by atoms with Crippen LogP contribution in [0.5, 0.6) is 0 Å². The number of hydrogen-bond acceptors (Lipinski definition) is 2. The van der Waals surface area contributed by atoms with Gasteiger partial charge in [0.2, 0.25) is 0 Å². The van der Waals surface area contributed by atoms with E-state index in [1.165, 1.54) is 0 Å². The maximum absolute atomic E-state index is 5.61. The third-order valence-electron chi connectivity index (χ3n) is 2.00. The molecule has 0 fully saturated rings. The normalized spacial score (nSPS) is 10.6. The largest absolute Gasteiger partial charge is 0.367 e. The maximum Gasteiger partial charge on any atom is 0.0983 e. The van der Waals surface area contributed by atoms with E-state index in [-0.39, 0.29) is 0 Å². The van der Waals surface area contributed by atoms with Crippen LogP contribution in [-0.2, 0) is 13.6 Å². The SMILES string of the molecule is Cn1cc(CN)c(-c2cc[nH]c2)n1. The molecule has 0 bridgehead atoms. The molecular weight excluding hydrogens is 164 g/mol. The fourth-order valence-electron chi connectivity index (χ4n) is 1.40. The van der Waals surface area contributed by atoms with E-state index >= 15 is 0 Å². The van der Waals surface area contributed by atoms with E-state index < -0.39 is 0 Å². The molecule has 0 aliphatic rings. The standard InChI is InChI=1S/C9H12N4/c1-13-6-8(4-10)9(12-13)7-2-3-11-5-7/h2-3,5-6,11H,4,10H2,1H3. The second-order valence-corrected chi connectivity index (χ2v) is 2.98. The van der Waals surface area contributed by atoms with Crippen molar-refractivity contribution >= 4 is 0 Å². The molecule has 0 saturated heterocycles. The topological polar surface area (TPSA) is 59.6 Å². The summed E-state index contributed by atoms with van der Waals surface area (Å²) in [5, 5.41) is 4.34. The van der Waals surface area contributed by atoms with E-state index in [9.17, 15) is 0 Å². The van der Waals surface area contributed by atoms with Crippen LogP contribution < -0.4 is 5.73 Å². The Morgan fingerprint density at radius 3 is 3.08 bits per heavy atom. The first-order valence-electron chi connectivity index (χ1n) is 4.17. The molecule has 0 atom stereocenters. The number of aromatic nitrogens is 3. The highest BCUT2D eigenvalue weighted by molar-refractivity contribution is 5.61. The van der Waals surface area contributed by atoms with Crippen molar-refractivity contribution in [3.8, 4) is 11.3 Å². The van der Waals surface area contributed by atoms with E-state index in [0.717, 1.165) is 16.8 Å². The number of aryl methyl sites for hydroxylation is 1. The molecule has 0 saturated carbocycles. The molecule has 2 heterocycles. The van der Waals surface area contributed by atoms with Crippen molar-refractivity contribution in [3.05, 3.63) is 30.2 Å². The average molecular weight is 176 g/mol. The average Bonchev–Trinajstić information content (AvgIpc) is 2.71. The van der Waals surface area contributed by atoms with Crippen molar-refractivity contribution in [3.63, 3.8) is 0 Å². The number of hydrogen-bond donors (Lipinski definition) is 2. The molecule has 0 spiro atoms. The molecule has 13 heavy (non-hydrogen) atoms. The molecule has 0 aliphatic heterocycles. The van der Waals surface area contributed by atoms with Gasteiger partial charge in [-0.3, -0.25) is 4.68 Å². The summed E-state index contributed by atoms with van der Waals surface area (Å²) in [4.78, 5) is 3.00. The molecule has 2 rings (SSSR count). The van der Waals surface area contributed by atoms with Crippen LogP contribution in [0, 0.1) is 0 Å². The first-order valence-corrected chi connectivity index (χ1v) is 4.17. The Kier molecular flexibility index (Phi) is 1.90. The lowest BCUT2D eigenvalue weighted by Gasteiger charge is -1.93. The van der Waals surface area contributed by atoms with Gasteiger partial charge < -0.3 is 10.7 Å². The Labute approximate surface area is 76.4 Å². The van der Waals surface area contributed by atoms with Crippen LogP contribution in [0.15, 0.2) is 24.7 Å². The van der Waals surface area contributed by atoms with Crippen LogP contribution >= 0.6 is 0 Å². The van der Waals surface area contributed by atoms with Crippen LogP contribution in [0.2, 0.25) is 0 Å². The van der Waals surface area contributed by atoms with E-state index in [2.05, 4.69) is 10.1 Å². The second kappa shape index (κ2) is 3.06. The number of nitrogens with two attached hydrogens (primary N) is 1. The summed E-state index contributed by atoms with van der Waals surface area (Å²) < 4.78 is 1.78. The molecule has 0 unspecified atom stereocenters. The van der Waals surface area contributed by atoms with Gasteiger partial charge in [-0.1, -0.05) is 0 Å². The monoisotopic (exact) mass is 176 g/mol. The van der Waals surface area contributed by atoms with Crippen LogP contribution in [0.1, 0.15) is 5.56 Å². The third-order valence-corrected chi connectivity index (χ3v) is 2.00. The van der Waals surface area contributed by atoms with Crippen molar-refractivity contribution in [2.75, 3.05) is 0 Å². The van der Waals surface area contributed by atoms with Gasteiger partial charge in [0.1, 0.15) is 0 Å². The van der Waals surface area contributed by atoms with Gasteiger partial charge in [0.15, 0.2) is 0 Å². The summed E-state index contributed by atoms with van der Waals surface area (Å²) in [6.07, 6.45) is 5.74. The molecule has 0 aromatic carbocycles. The summed E-state index contributed by atoms with van der Waals surface area (Å²) in [5.74, 6) is 0. The number of nitrogens with zero attached hydrogens (tertiary/aromatic N) is 2. The summed E-state index contributed by atoms with van der Waals surface area (Å²) in [6, 6.07) is 1.99. The van der Waals surface area contributed by atoms with Crippen LogP contribution in [0.25, 0.3) is 11.3 Å². The molecule has 0 radical (unpaired) electrons. The maximum atomic E-state index is 5.61. The molecule has 4 heteroatoms. The second-order valence-electron chi connectivity index (χ2n) is 2.98. The summed E-state index contributed by atoms with van der Waals surface area (Å²) in [5.41, 5.74) is 8.73. The number of H-pyrrole nitrogens is 1. The fourth-order valence-corrected chi connectivity index (χ4v) is 1.40. The van der Waals surface area contributed by atoms with Crippen LogP contribution in [0.4, 0.5) is 0 Å². The summed E-state index contributed by atoms with van der Waals surface area (Å²) in [6.45, 7) is 0.522. The fraction of sp³-hybridized carbons (Fsp3) is 0.222. The lowest BCUT2D eigenvalue weighted by atomic mass is 10.1. The van der Waals surface area contributed by atoms with Gasteiger partial charge in [-0.2, -0.15) is 5.10 Å². The summed E-state index contributed by atoms with van der Waals surface area (Å²) >= 11 is 0. The lowest BCUT2D eigenvalue weighted by molar-refractivity contribution is 0.769. The number of nitrogens with one attached hydrogen (secondary N) is 1. The van der Waals surface area contributed by atoms with Gasteiger partial charge in [0, 0.05) is 43.3 Å². The van der Waals surface area contributed by atoms with Crippen molar-refractivity contribution in [2.24, 2.45) is 12.8 Å². The highest BCUT2D eigenvalue weighted by Crippen LogP contribution is 2.20. The van der Waals surface area contributed by atoms with E-state index in [1.54, 1.807) is 4.68 Å². The molecule has 3 N–H and O–H groups in total. The van der Waals surface area contributed by atoms with Gasteiger partial charge in [-0.15, -0.1) is 0 Å². The molecule has 2 aromatic rings. The molecular formula is C9H12N4. The van der Waals surface area contributed by atoms with Crippen LogP contribution in [-0.4, -0.2) is 14.8 Å². The molecule has 68 valence electrons. The Morgan fingerprint density at radius 1 is 1.62 bits per heavy atom. The van der Waals surface area contributed by atoms with Crippen molar-refractivity contribution in [2.45, 2.75) is 6.54 Å². The van der Waals surface area contributed by atoms with E-state index in [0.29, 0.717) is 6.54 Å². The van der Waals surface area contributed by atoms with Gasteiger partial charge in [-0.05, 0) is 6.07 Å². The van der Waals surface area contributed by atoms with Crippen molar-refractivity contribution in [1.82, 2.24) is 14.8 Å². The quantitative estimate of drug-likeness (QED) is 0.713. The van der Waals surface area contributed by atoms with Gasteiger partial charge in [-0.25, -0.2) is 0 Å². The van der Waals surface area contributed by atoms with Gasteiger partial charge in [0.05, 0.1) is 5.69 Å². The highest BCUT2D eigenvalue weighted by atomic mass is 15.3. The Bertz CT molecular complexity index is 386. The predicted octanol–water partition coefficient (Wildman–Crippen LogP) is 0.874. The third kappa shape index (κ3) is 1.36. The van der Waals surface area contributed by atoms with Crippen molar-refractivity contribution in [1.29, 1.82) is 0 Å².